The number of hydrogen-bond acceptors (Lipinski definition) is 2. The zero-order valence-electron chi connectivity index (χ0n) is 12.8. The lowest BCUT2D eigenvalue weighted by Gasteiger charge is -2.28. The van der Waals surface area contributed by atoms with E-state index >= 15 is 0 Å². The molecule has 140 valence electrons. The number of anilines is 1. The molecule has 0 saturated carbocycles. The summed E-state index contributed by atoms with van der Waals surface area (Å²) in [7, 11) is 0. The van der Waals surface area contributed by atoms with E-state index in [2.05, 4.69) is 10.6 Å². The van der Waals surface area contributed by atoms with E-state index < -0.39 is 27.6 Å². The molecule has 26 heavy (non-hydrogen) atoms. The second-order valence-electron chi connectivity index (χ2n) is 5.15. The van der Waals surface area contributed by atoms with Gasteiger partial charge in [-0.2, -0.15) is 13.2 Å². The van der Waals surface area contributed by atoms with Gasteiger partial charge in [0.15, 0.2) is 0 Å². The van der Waals surface area contributed by atoms with E-state index in [1.807, 2.05) is 0 Å². The summed E-state index contributed by atoms with van der Waals surface area (Å²) in [6, 6.07) is 10.7. The van der Waals surface area contributed by atoms with Gasteiger partial charge in [-0.3, -0.25) is 4.79 Å². The van der Waals surface area contributed by atoms with Crippen LogP contribution in [0.4, 0.5) is 18.9 Å². The number of amides is 1. The summed E-state index contributed by atoms with van der Waals surface area (Å²) in [5.41, 5.74) is -0.809. The third kappa shape index (κ3) is 5.58. The van der Waals surface area contributed by atoms with E-state index in [4.69, 9.17) is 46.4 Å². The highest BCUT2D eigenvalue weighted by Crippen LogP contribution is 2.36. The number of hydrogen-bond donors (Lipinski definition) is 2. The first-order valence-electron chi connectivity index (χ1n) is 7.04. The monoisotopic (exact) mass is 444 g/mol. The zero-order chi connectivity index (χ0) is 19.5. The molecule has 0 fully saturated rings. The van der Waals surface area contributed by atoms with Crippen molar-refractivity contribution in [1.29, 1.82) is 0 Å². The molecule has 2 aromatic rings. The lowest BCUT2D eigenvalue weighted by molar-refractivity contribution is -0.137. The largest absolute Gasteiger partial charge is 0.416 e. The minimum atomic E-state index is -4.58. The molecule has 2 rings (SSSR count). The van der Waals surface area contributed by atoms with E-state index in [9.17, 15) is 18.0 Å². The molecule has 0 aliphatic rings. The maximum atomic E-state index is 12.9. The Balaban J connectivity index is 2.28. The van der Waals surface area contributed by atoms with Crippen LogP contribution >= 0.6 is 46.4 Å². The molecule has 0 aliphatic heterocycles. The van der Waals surface area contributed by atoms with Crippen LogP contribution in [0.5, 0.6) is 0 Å². The summed E-state index contributed by atoms with van der Waals surface area (Å²) in [5, 5.41) is 4.93. The fourth-order valence-electron chi connectivity index (χ4n) is 1.97. The van der Waals surface area contributed by atoms with Gasteiger partial charge in [0.2, 0.25) is 3.79 Å². The summed E-state index contributed by atoms with van der Waals surface area (Å²) in [5.74, 6) is -0.586. The van der Waals surface area contributed by atoms with Crippen LogP contribution in [0.2, 0.25) is 5.02 Å². The van der Waals surface area contributed by atoms with Crippen molar-refractivity contribution in [3.8, 4) is 0 Å². The Morgan fingerprint density at radius 1 is 1.00 bits per heavy atom. The SMILES string of the molecule is O=C(N[C@@H](Nc1cc(C(F)(F)F)ccc1Cl)C(Cl)(Cl)Cl)c1ccccc1. The van der Waals surface area contributed by atoms with Crippen molar-refractivity contribution in [3.05, 3.63) is 64.7 Å². The first-order chi connectivity index (χ1) is 12.0. The maximum absolute atomic E-state index is 12.9. The first-order valence-corrected chi connectivity index (χ1v) is 8.55. The highest BCUT2D eigenvalue weighted by atomic mass is 35.6. The van der Waals surface area contributed by atoms with Crippen LogP contribution in [0.15, 0.2) is 48.5 Å². The first kappa shape index (κ1) is 21.0. The van der Waals surface area contributed by atoms with E-state index in [0.29, 0.717) is 0 Å². The average Bonchev–Trinajstić information content (AvgIpc) is 2.54. The molecule has 2 N–H and O–H groups in total. The molecule has 0 bridgehead atoms. The van der Waals surface area contributed by atoms with E-state index in [1.165, 1.54) is 12.1 Å². The Morgan fingerprint density at radius 3 is 2.15 bits per heavy atom. The van der Waals surface area contributed by atoms with Crippen molar-refractivity contribution in [2.75, 3.05) is 5.32 Å². The normalized spacial score (nSPS) is 13.2. The summed E-state index contributed by atoms with van der Waals surface area (Å²) in [6.07, 6.45) is -5.93. The molecular formula is C16H11Cl4F3N2O. The summed E-state index contributed by atoms with van der Waals surface area (Å²) < 4.78 is 36.6. The highest BCUT2D eigenvalue weighted by molar-refractivity contribution is 6.68. The molecule has 1 atom stereocenters. The molecule has 0 heterocycles. The topological polar surface area (TPSA) is 41.1 Å². The summed E-state index contributed by atoms with van der Waals surface area (Å²) in [4.78, 5) is 12.3. The summed E-state index contributed by atoms with van der Waals surface area (Å²) in [6.45, 7) is 0. The molecule has 0 spiro atoms. The van der Waals surface area contributed by atoms with Gasteiger partial charge < -0.3 is 10.6 Å². The van der Waals surface area contributed by atoms with Gasteiger partial charge in [0.05, 0.1) is 16.3 Å². The number of carbonyl (C=O) groups is 1. The second-order valence-corrected chi connectivity index (χ2v) is 7.93. The van der Waals surface area contributed by atoms with Crippen LogP contribution in [0.3, 0.4) is 0 Å². The van der Waals surface area contributed by atoms with Gasteiger partial charge in [0, 0.05) is 5.56 Å². The van der Waals surface area contributed by atoms with Gasteiger partial charge in [-0.1, -0.05) is 64.6 Å². The average molecular weight is 446 g/mol. The van der Waals surface area contributed by atoms with Gasteiger partial charge in [0.25, 0.3) is 5.91 Å². The van der Waals surface area contributed by atoms with Gasteiger partial charge in [-0.05, 0) is 30.3 Å². The van der Waals surface area contributed by atoms with Crippen LogP contribution in [-0.2, 0) is 6.18 Å². The maximum Gasteiger partial charge on any atom is 0.416 e. The van der Waals surface area contributed by atoms with Crippen LogP contribution in [0.1, 0.15) is 15.9 Å². The van der Waals surface area contributed by atoms with Crippen molar-refractivity contribution in [2.45, 2.75) is 16.1 Å². The molecule has 0 aliphatic carbocycles. The van der Waals surface area contributed by atoms with Gasteiger partial charge in [0.1, 0.15) is 6.17 Å². The van der Waals surface area contributed by atoms with Gasteiger partial charge in [-0.25, -0.2) is 0 Å². The standard InChI is InChI=1S/C16H11Cl4F3N2O/c17-11-7-6-10(16(21,22)23)8-12(11)24-14(15(18,19)20)25-13(26)9-4-2-1-3-5-9/h1-8,14,24H,(H,25,26)/t14-/m1/s1. The third-order valence-corrected chi connectivity index (χ3v) is 4.22. The van der Waals surface area contributed by atoms with Crippen molar-refractivity contribution in [2.24, 2.45) is 0 Å². The molecule has 0 aromatic heterocycles. The van der Waals surface area contributed by atoms with Crippen LogP contribution in [0.25, 0.3) is 0 Å². The van der Waals surface area contributed by atoms with Gasteiger partial charge >= 0.3 is 6.18 Å². The second kappa shape index (κ2) is 8.13. The van der Waals surface area contributed by atoms with E-state index in [-0.39, 0.29) is 16.3 Å². The highest BCUT2D eigenvalue weighted by Gasteiger charge is 2.36. The molecule has 3 nitrogen and oxygen atoms in total. The third-order valence-electron chi connectivity index (χ3n) is 3.23. The minimum Gasteiger partial charge on any atom is -0.361 e. The molecule has 0 saturated heterocycles. The fraction of sp³-hybridized carbons (Fsp3) is 0.188. The smallest absolute Gasteiger partial charge is 0.361 e. The van der Waals surface area contributed by atoms with E-state index in [1.54, 1.807) is 18.2 Å². The van der Waals surface area contributed by atoms with Crippen LogP contribution < -0.4 is 10.6 Å². The molecule has 0 unspecified atom stereocenters. The molecule has 2 aromatic carbocycles. The number of halogens is 7. The quantitative estimate of drug-likeness (QED) is 0.454. The lowest BCUT2D eigenvalue weighted by Crippen LogP contribution is -2.49. The van der Waals surface area contributed by atoms with Crippen molar-refractivity contribution in [3.63, 3.8) is 0 Å². The van der Waals surface area contributed by atoms with Crippen molar-refractivity contribution < 1.29 is 18.0 Å². The predicted molar refractivity (Wildman–Crippen MR) is 98.1 cm³/mol. The number of alkyl halides is 6. The Morgan fingerprint density at radius 2 is 1.62 bits per heavy atom. The van der Waals surface area contributed by atoms with Gasteiger partial charge in [-0.15, -0.1) is 0 Å². The van der Waals surface area contributed by atoms with Crippen LogP contribution in [-0.4, -0.2) is 15.9 Å². The Labute approximate surface area is 167 Å². The Hall–Kier alpha value is -1.34. The minimum absolute atomic E-state index is 0.0359. The molecule has 10 heteroatoms. The number of nitrogens with one attached hydrogen (secondary N) is 2. The zero-order valence-corrected chi connectivity index (χ0v) is 15.8. The number of carbonyl (C=O) groups excluding carboxylic acids is 1. The predicted octanol–water partition coefficient (Wildman–Crippen LogP) is 5.90. The Kier molecular flexibility index (Phi) is 6.55. The molecule has 0 radical (unpaired) electrons. The van der Waals surface area contributed by atoms with Crippen molar-refractivity contribution in [1.82, 2.24) is 5.32 Å². The number of benzene rings is 2. The molecule has 1 amide bonds. The Bertz CT molecular complexity index is 779. The van der Waals surface area contributed by atoms with Crippen LogP contribution in [0, 0.1) is 0 Å². The molecular weight excluding hydrogens is 435 g/mol. The fourth-order valence-corrected chi connectivity index (χ4v) is 2.47. The van der Waals surface area contributed by atoms with Crippen molar-refractivity contribution >= 4 is 58.0 Å². The summed E-state index contributed by atoms with van der Waals surface area (Å²) >= 11 is 23.5. The lowest BCUT2D eigenvalue weighted by atomic mass is 10.2. The van der Waals surface area contributed by atoms with E-state index in [0.717, 1.165) is 18.2 Å². The number of rotatable bonds is 4.